The lowest BCUT2D eigenvalue weighted by Crippen LogP contribution is -2.43. The number of likely N-dealkylation sites (tertiary alicyclic amines) is 1. The lowest BCUT2D eigenvalue weighted by atomic mass is 10.1. The van der Waals surface area contributed by atoms with Crippen LogP contribution in [0.15, 0.2) is 42.5 Å². The highest BCUT2D eigenvalue weighted by atomic mass is 16.6. The second-order valence-corrected chi connectivity index (χ2v) is 7.31. The first kappa shape index (κ1) is 20.3. The molecule has 0 saturated carbocycles. The summed E-state index contributed by atoms with van der Waals surface area (Å²) < 4.78 is 5.30. The zero-order valence-corrected chi connectivity index (χ0v) is 16.6. The molecule has 0 aliphatic carbocycles. The number of hydrogen-bond acceptors (Lipinski definition) is 6. The SMILES string of the molecule is O=C(CN1C(=O)COc2ccc([N+](=O)[O-])cc21)Nc1cccc(C(=O)N2CCCC2)c1. The number of hydrogen-bond donors (Lipinski definition) is 1. The van der Waals surface area contributed by atoms with E-state index in [1.54, 1.807) is 29.2 Å². The summed E-state index contributed by atoms with van der Waals surface area (Å²) in [5.41, 5.74) is 0.854. The van der Waals surface area contributed by atoms with Gasteiger partial charge in [0.05, 0.1) is 10.6 Å². The first-order valence-corrected chi connectivity index (χ1v) is 9.83. The van der Waals surface area contributed by atoms with Crippen molar-refractivity contribution in [3.05, 3.63) is 58.1 Å². The molecule has 0 spiro atoms. The average Bonchev–Trinajstić information content (AvgIpc) is 3.30. The molecular weight excluding hydrogens is 404 g/mol. The fourth-order valence-electron chi connectivity index (χ4n) is 3.65. The van der Waals surface area contributed by atoms with Crippen LogP contribution in [0.2, 0.25) is 0 Å². The van der Waals surface area contributed by atoms with Crippen molar-refractivity contribution >= 4 is 34.8 Å². The highest BCUT2D eigenvalue weighted by Gasteiger charge is 2.29. The van der Waals surface area contributed by atoms with Crippen LogP contribution >= 0.6 is 0 Å². The molecule has 1 N–H and O–H groups in total. The van der Waals surface area contributed by atoms with Crippen molar-refractivity contribution in [1.82, 2.24) is 4.90 Å². The topological polar surface area (TPSA) is 122 Å². The molecule has 2 heterocycles. The zero-order chi connectivity index (χ0) is 22.0. The molecule has 160 valence electrons. The fourth-order valence-corrected chi connectivity index (χ4v) is 3.65. The zero-order valence-electron chi connectivity index (χ0n) is 16.6. The van der Waals surface area contributed by atoms with Crippen molar-refractivity contribution in [2.75, 3.05) is 36.5 Å². The van der Waals surface area contributed by atoms with E-state index in [9.17, 15) is 24.5 Å². The molecule has 0 atom stereocenters. The average molecular weight is 424 g/mol. The summed E-state index contributed by atoms with van der Waals surface area (Å²) in [5, 5.41) is 13.8. The minimum atomic E-state index is -0.583. The van der Waals surface area contributed by atoms with E-state index in [4.69, 9.17) is 4.74 Å². The van der Waals surface area contributed by atoms with E-state index in [2.05, 4.69) is 5.32 Å². The van der Waals surface area contributed by atoms with Gasteiger partial charge in [-0.25, -0.2) is 0 Å². The Balaban J connectivity index is 1.49. The minimum absolute atomic E-state index is 0.0850. The van der Waals surface area contributed by atoms with Gasteiger partial charge in [0.2, 0.25) is 5.91 Å². The van der Waals surface area contributed by atoms with Crippen molar-refractivity contribution in [2.45, 2.75) is 12.8 Å². The van der Waals surface area contributed by atoms with E-state index in [1.165, 1.54) is 18.2 Å². The first-order valence-electron chi connectivity index (χ1n) is 9.83. The fraction of sp³-hybridized carbons (Fsp3) is 0.286. The van der Waals surface area contributed by atoms with Gasteiger partial charge in [0.1, 0.15) is 12.3 Å². The van der Waals surface area contributed by atoms with Gasteiger partial charge in [-0.3, -0.25) is 29.4 Å². The van der Waals surface area contributed by atoms with Gasteiger partial charge in [-0.15, -0.1) is 0 Å². The Hall–Kier alpha value is -3.95. The van der Waals surface area contributed by atoms with E-state index < -0.39 is 16.7 Å². The molecule has 2 aromatic carbocycles. The number of ether oxygens (including phenoxy) is 1. The molecule has 31 heavy (non-hydrogen) atoms. The number of nitro benzene ring substituents is 1. The number of amides is 3. The summed E-state index contributed by atoms with van der Waals surface area (Å²) >= 11 is 0. The van der Waals surface area contributed by atoms with Crippen LogP contribution < -0.4 is 15.0 Å². The smallest absolute Gasteiger partial charge is 0.271 e. The highest BCUT2D eigenvalue weighted by molar-refractivity contribution is 6.05. The number of fused-ring (bicyclic) bond motifs is 1. The number of nitro groups is 1. The van der Waals surface area contributed by atoms with Gasteiger partial charge in [-0.05, 0) is 37.1 Å². The lowest BCUT2D eigenvalue weighted by Gasteiger charge is -2.28. The summed E-state index contributed by atoms with van der Waals surface area (Å²) in [6.07, 6.45) is 1.96. The van der Waals surface area contributed by atoms with Crippen LogP contribution in [0.3, 0.4) is 0 Å². The number of anilines is 2. The number of nitrogens with zero attached hydrogens (tertiary/aromatic N) is 3. The highest BCUT2D eigenvalue weighted by Crippen LogP contribution is 2.35. The number of carbonyl (C=O) groups excluding carboxylic acids is 3. The number of rotatable bonds is 5. The molecule has 0 aromatic heterocycles. The summed E-state index contributed by atoms with van der Waals surface area (Å²) in [7, 11) is 0. The Bertz CT molecular complexity index is 1060. The van der Waals surface area contributed by atoms with Crippen molar-refractivity contribution in [3.8, 4) is 5.75 Å². The van der Waals surface area contributed by atoms with Crippen molar-refractivity contribution < 1.29 is 24.0 Å². The van der Waals surface area contributed by atoms with E-state index in [-0.39, 0.29) is 36.2 Å². The Labute approximate surface area is 177 Å². The van der Waals surface area contributed by atoms with Gasteiger partial charge in [-0.2, -0.15) is 0 Å². The third-order valence-electron chi connectivity index (χ3n) is 5.18. The number of carbonyl (C=O) groups is 3. The van der Waals surface area contributed by atoms with Crippen LogP contribution in [0.5, 0.6) is 5.75 Å². The number of nitrogens with one attached hydrogen (secondary N) is 1. The lowest BCUT2D eigenvalue weighted by molar-refractivity contribution is -0.384. The standard InChI is InChI=1S/C21H20N4O6/c26-19(22-15-5-3-4-14(10-15)21(28)23-8-1-2-9-23)12-24-17-11-16(25(29)30)6-7-18(17)31-13-20(24)27/h3-7,10-11H,1-2,8-9,12-13H2,(H,22,26). The molecule has 10 heteroatoms. The van der Waals surface area contributed by atoms with Gasteiger partial charge in [-0.1, -0.05) is 6.07 Å². The summed E-state index contributed by atoms with van der Waals surface area (Å²) in [4.78, 5) is 50.9. The summed E-state index contributed by atoms with van der Waals surface area (Å²) in [6, 6.07) is 10.5. The van der Waals surface area contributed by atoms with Crippen LogP contribution in [0.4, 0.5) is 17.1 Å². The van der Waals surface area contributed by atoms with E-state index >= 15 is 0 Å². The molecule has 2 aromatic rings. The van der Waals surface area contributed by atoms with Gasteiger partial charge in [0.25, 0.3) is 17.5 Å². The largest absolute Gasteiger partial charge is 0.482 e. The molecule has 10 nitrogen and oxygen atoms in total. The molecular formula is C21H20N4O6. The predicted molar refractivity (Wildman–Crippen MR) is 111 cm³/mol. The van der Waals surface area contributed by atoms with E-state index in [0.29, 0.717) is 11.3 Å². The molecule has 0 bridgehead atoms. The summed E-state index contributed by atoms with van der Waals surface area (Å²) in [5.74, 6) is -0.783. The normalized spacial score (nSPS) is 15.3. The third kappa shape index (κ3) is 4.32. The molecule has 2 aliphatic heterocycles. The quantitative estimate of drug-likeness (QED) is 0.580. The minimum Gasteiger partial charge on any atom is -0.482 e. The van der Waals surface area contributed by atoms with Gasteiger partial charge >= 0.3 is 0 Å². The van der Waals surface area contributed by atoms with Crippen molar-refractivity contribution in [3.63, 3.8) is 0 Å². The van der Waals surface area contributed by atoms with Crippen LogP contribution in [0.25, 0.3) is 0 Å². The first-order chi connectivity index (χ1) is 14.9. The monoisotopic (exact) mass is 424 g/mol. The molecule has 0 radical (unpaired) electrons. The predicted octanol–water partition coefficient (Wildman–Crippen LogP) is 2.19. The molecule has 1 fully saturated rings. The maximum absolute atomic E-state index is 12.6. The van der Waals surface area contributed by atoms with Gasteiger partial charge < -0.3 is 15.0 Å². The van der Waals surface area contributed by atoms with Crippen LogP contribution in [-0.2, 0) is 9.59 Å². The van der Waals surface area contributed by atoms with Crippen molar-refractivity contribution in [1.29, 1.82) is 0 Å². The summed E-state index contributed by atoms with van der Waals surface area (Å²) in [6.45, 7) is 0.832. The maximum atomic E-state index is 12.6. The van der Waals surface area contributed by atoms with Crippen LogP contribution in [-0.4, -0.2) is 53.8 Å². The van der Waals surface area contributed by atoms with E-state index in [0.717, 1.165) is 30.8 Å². The number of benzene rings is 2. The molecule has 3 amide bonds. The molecule has 4 rings (SSSR count). The van der Waals surface area contributed by atoms with Crippen molar-refractivity contribution in [2.24, 2.45) is 0 Å². The Morgan fingerprint density at radius 1 is 1.13 bits per heavy atom. The molecule has 0 unspecified atom stereocenters. The third-order valence-corrected chi connectivity index (χ3v) is 5.18. The maximum Gasteiger partial charge on any atom is 0.271 e. The Kier molecular flexibility index (Phi) is 5.52. The second-order valence-electron chi connectivity index (χ2n) is 7.31. The second kappa shape index (κ2) is 8.42. The molecule has 2 aliphatic rings. The van der Waals surface area contributed by atoms with Gasteiger partial charge in [0, 0.05) is 36.5 Å². The van der Waals surface area contributed by atoms with E-state index in [1.807, 2.05) is 0 Å². The number of non-ortho nitro benzene ring substituents is 1. The Morgan fingerprint density at radius 2 is 1.90 bits per heavy atom. The molecule has 1 saturated heterocycles. The van der Waals surface area contributed by atoms with Crippen LogP contribution in [0, 0.1) is 10.1 Å². The van der Waals surface area contributed by atoms with Crippen LogP contribution in [0.1, 0.15) is 23.2 Å². The van der Waals surface area contributed by atoms with Gasteiger partial charge in [0.15, 0.2) is 6.61 Å². The Morgan fingerprint density at radius 3 is 2.65 bits per heavy atom.